The Hall–Kier alpha value is -3.81. The molecular weight excluding hydrogens is 393 g/mol. The van der Waals surface area contributed by atoms with Crippen molar-refractivity contribution in [2.45, 2.75) is 6.18 Å². The van der Waals surface area contributed by atoms with Crippen LogP contribution < -0.4 is 15.4 Å². The minimum atomic E-state index is -4.69. The molecule has 0 saturated carbocycles. The van der Waals surface area contributed by atoms with Crippen molar-refractivity contribution >= 4 is 17.3 Å². The zero-order valence-electron chi connectivity index (χ0n) is 14.8. The minimum Gasteiger partial charge on any atom is -0.484 e. The van der Waals surface area contributed by atoms with E-state index in [1.165, 1.54) is 6.07 Å². The molecule has 0 heterocycles. The molecule has 0 aliphatic rings. The summed E-state index contributed by atoms with van der Waals surface area (Å²) < 4.78 is 43.3. The number of nitrogens with one attached hydrogen (secondary N) is 2. The smallest absolute Gasteiger partial charge is 0.416 e. The van der Waals surface area contributed by atoms with E-state index in [1.54, 1.807) is 18.2 Å². The van der Waals surface area contributed by atoms with Gasteiger partial charge in [0.15, 0.2) is 6.61 Å². The van der Waals surface area contributed by atoms with Crippen LogP contribution in [0.25, 0.3) is 0 Å². The van der Waals surface area contributed by atoms with Crippen LogP contribution in [0.1, 0.15) is 11.1 Å². The molecule has 0 bridgehead atoms. The third-order valence-corrected chi connectivity index (χ3v) is 3.62. The number of nitriles is 1. The number of ether oxygens (including phenoxy) is 1. The topological polar surface area (TPSA) is 117 Å². The molecule has 0 radical (unpaired) electrons. The Labute approximate surface area is 163 Å². The highest BCUT2D eigenvalue weighted by Gasteiger charge is 2.32. The molecule has 8 nitrogen and oxygen atoms in total. The monoisotopic (exact) mass is 408 g/mol. The van der Waals surface area contributed by atoms with E-state index in [1.807, 2.05) is 6.07 Å². The number of amides is 1. The predicted octanol–water partition coefficient (Wildman–Crippen LogP) is 3.09. The van der Waals surface area contributed by atoms with Crippen LogP contribution in [0.15, 0.2) is 42.5 Å². The second-order valence-corrected chi connectivity index (χ2v) is 5.69. The number of nitro benzene ring substituents is 1. The highest BCUT2D eigenvalue weighted by molar-refractivity contribution is 5.77. The van der Waals surface area contributed by atoms with E-state index in [0.29, 0.717) is 17.4 Å². The van der Waals surface area contributed by atoms with Crippen molar-refractivity contribution in [1.29, 1.82) is 5.26 Å². The van der Waals surface area contributed by atoms with Crippen molar-refractivity contribution in [3.8, 4) is 11.8 Å². The average molecular weight is 408 g/mol. The van der Waals surface area contributed by atoms with Crippen LogP contribution >= 0.6 is 0 Å². The molecule has 0 atom stereocenters. The summed E-state index contributed by atoms with van der Waals surface area (Å²) in [6.07, 6.45) is -4.69. The lowest BCUT2D eigenvalue weighted by molar-refractivity contribution is -0.384. The molecule has 152 valence electrons. The fourth-order valence-corrected chi connectivity index (χ4v) is 2.26. The molecule has 1 amide bonds. The van der Waals surface area contributed by atoms with Crippen LogP contribution in [0.2, 0.25) is 0 Å². The van der Waals surface area contributed by atoms with E-state index in [4.69, 9.17) is 10.00 Å². The summed E-state index contributed by atoms with van der Waals surface area (Å²) in [6.45, 7) is -0.213. The summed E-state index contributed by atoms with van der Waals surface area (Å²) in [7, 11) is 0. The summed E-state index contributed by atoms with van der Waals surface area (Å²) in [5, 5.41) is 24.9. The fraction of sp³-hybridized carbons (Fsp3) is 0.222. The Balaban J connectivity index is 1.83. The Kier molecular flexibility index (Phi) is 6.97. The minimum absolute atomic E-state index is 0.0435. The number of rotatable bonds is 8. The van der Waals surface area contributed by atoms with E-state index in [2.05, 4.69) is 10.6 Å². The second kappa shape index (κ2) is 9.41. The van der Waals surface area contributed by atoms with Gasteiger partial charge in [0, 0.05) is 19.2 Å². The van der Waals surface area contributed by atoms with Gasteiger partial charge < -0.3 is 15.4 Å². The number of benzene rings is 2. The quantitative estimate of drug-likeness (QED) is 0.394. The van der Waals surface area contributed by atoms with E-state index in [-0.39, 0.29) is 25.4 Å². The molecule has 11 heteroatoms. The van der Waals surface area contributed by atoms with E-state index in [0.717, 1.165) is 12.1 Å². The fourth-order valence-electron chi connectivity index (χ4n) is 2.26. The van der Waals surface area contributed by atoms with Crippen molar-refractivity contribution in [1.82, 2.24) is 5.32 Å². The summed E-state index contributed by atoms with van der Waals surface area (Å²) in [5.74, 6) is -0.131. The highest BCUT2D eigenvalue weighted by atomic mass is 19.4. The predicted molar refractivity (Wildman–Crippen MR) is 96.2 cm³/mol. The lowest BCUT2D eigenvalue weighted by Crippen LogP contribution is -2.32. The molecule has 2 aromatic carbocycles. The van der Waals surface area contributed by atoms with Gasteiger partial charge >= 0.3 is 6.18 Å². The van der Waals surface area contributed by atoms with Crippen LogP contribution in [-0.2, 0) is 11.0 Å². The number of carbonyl (C=O) groups excluding carboxylic acids is 1. The van der Waals surface area contributed by atoms with Gasteiger partial charge in [-0.3, -0.25) is 14.9 Å². The Morgan fingerprint density at radius 3 is 2.62 bits per heavy atom. The summed E-state index contributed by atoms with van der Waals surface area (Å²) >= 11 is 0. The number of hydrogen-bond donors (Lipinski definition) is 2. The third kappa shape index (κ3) is 6.39. The number of alkyl halides is 3. The first-order chi connectivity index (χ1) is 13.7. The molecule has 0 aliphatic heterocycles. The number of nitro groups is 1. The maximum absolute atomic E-state index is 12.7. The molecular formula is C18H15F3N4O4. The Bertz CT molecular complexity index is 941. The molecule has 0 unspecified atom stereocenters. The SMILES string of the molecule is N#Cc1cccc(OCC(=O)NCCNc2ccc(C(F)(F)F)cc2[N+](=O)[O-])c1. The molecule has 0 spiro atoms. The van der Waals surface area contributed by atoms with Gasteiger partial charge in [0.25, 0.3) is 11.6 Å². The standard InChI is InChI=1S/C18H15F3N4O4/c19-18(20,21)13-4-5-15(16(9-13)25(27)28)23-6-7-24-17(26)11-29-14-3-1-2-12(8-14)10-22/h1-5,8-9,23H,6-7,11H2,(H,24,26). The molecule has 0 aromatic heterocycles. The van der Waals surface area contributed by atoms with E-state index >= 15 is 0 Å². The van der Waals surface area contributed by atoms with Crippen LogP contribution in [-0.4, -0.2) is 30.5 Å². The average Bonchev–Trinajstić information content (AvgIpc) is 2.69. The Morgan fingerprint density at radius 2 is 1.97 bits per heavy atom. The van der Waals surface area contributed by atoms with E-state index in [9.17, 15) is 28.1 Å². The van der Waals surface area contributed by atoms with Crippen LogP contribution in [0.4, 0.5) is 24.5 Å². The van der Waals surface area contributed by atoms with Crippen LogP contribution in [0.5, 0.6) is 5.75 Å². The molecule has 0 aliphatic carbocycles. The zero-order valence-corrected chi connectivity index (χ0v) is 14.8. The number of carbonyl (C=O) groups is 1. The zero-order chi connectivity index (χ0) is 21.4. The van der Waals surface area contributed by atoms with E-state index < -0.39 is 28.3 Å². The molecule has 2 N–H and O–H groups in total. The van der Waals surface area contributed by atoms with Gasteiger partial charge in [0.1, 0.15) is 11.4 Å². The van der Waals surface area contributed by atoms with Gasteiger partial charge in [-0.25, -0.2) is 0 Å². The maximum atomic E-state index is 12.7. The lowest BCUT2D eigenvalue weighted by atomic mass is 10.1. The first-order valence-corrected chi connectivity index (χ1v) is 8.20. The Morgan fingerprint density at radius 1 is 1.21 bits per heavy atom. The van der Waals surface area contributed by atoms with Crippen LogP contribution in [0, 0.1) is 21.4 Å². The van der Waals surface area contributed by atoms with Gasteiger partial charge in [-0.05, 0) is 30.3 Å². The van der Waals surface area contributed by atoms with Crippen LogP contribution in [0.3, 0.4) is 0 Å². The first-order valence-electron chi connectivity index (χ1n) is 8.20. The first kappa shape index (κ1) is 21.5. The largest absolute Gasteiger partial charge is 0.484 e. The van der Waals surface area contributed by atoms with Crippen molar-refractivity contribution < 1.29 is 27.6 Å². The van der Waals surface area contributed by atoms with Crippen molar-refractivity contribution in [3.63, 3.8) is 0 Å². The van der Waals surface area contributed by atoms with Crippen molar-refractivity contribution in [2.75, 3.05) is 25.0 Å². The van der Waals surface area contributed by atoms with Gasteiger partial charge in [0.2, 0.25) is 0 Å². The molecule has 2 rings (SSSR count). The number of hydrogen-bond acceptors (Lipinski definition) is 6. The summed E-state index contributed by atoms with van der Waals surface area (Å²) in [5.41, 5.74) is -1.56. The lowest BCUT2D eigenvalue weighted by Gasteiger charge is -2.11. The normalized spacial score (nSPS) is 10.7. The molecule has 2 aromatic rings. The van der Waals surface area contributed by atoms with Gasteiger partial charge in [-0.15, -0.1) is 0 Å². The number of halogens is 3. The second-order valence-electron chi connectivity index (χ2n) is 5.69. The van der Waals surface area contributed by atoms with Crippen molar-refractivity contribution in [3.05, 3.63) is 63.7 Å². The summed E-state index contributed by atoms with van der Waals surface area (Å²) in [4.78, 5) is 21.8. The molecule has 0 saturated heterocycles. The number of anilines is 1. The number of nitrogens with zero attached hydrogens (tertiary/aromatic N) is 2. The molecule has 29 heavy (non-hydrogen) atoms. The summed E-state index contributed by atoms with van der Waals surface area (Å²) in [6, 6.07) is 10.3. The van der Waals surface area contributed by atoms with Crippen molar-refractivity contribution in [2.24, 2.45) is 0 Å². The maximum Gasteiger partial charge on any atom is 0.416 e. The van der Waals surface area contributed by atoms with Gasteiger partial charge in [-0.2, -0.15) is 18.4 Å². The molecule has 0 fully saturated rings. The van der Waals surface area contributed by atoms with Gasteiger partial charge in [0.05, 0.1) is 22.1 Å². The third-order valence-electron chi connectivity index (χ3n) is 3.62. The highest BCUT2D eigenvalue weighted by Crippen LogP contribution is 2.34. The van der Waals surface area contributed by atoms with Gasteiger partial charge in [-0.1, -0.05) is 6.07 Å².